The number of nitrogens with two attached hydrogens (primary N) is 1. The van der Waals surface area contributed by atoms with E-state index in [4.69, 9.17) is 20.3 Å². The molecule has 0 aliphatic carbocycles. The largest absolute Gasteiger partial charge is 0.497 e. The molecule has 0 radical (unpaired) electrons. The van der Waals surface area contributed by atoms with Gasteiger partial charge in [-0.1, -0.05) is 12.1 Å². The molecule has 7 heteroatoms. The highest BCUT2D eigenvalue weighted by Crippen LogP contribution is 2.33. The van der Waals surface area contributed by atoms with Gasteiger partial charge < -0.3 is 20.3 Å². The van der Waals surface area contributed by atoms with Crippen LogP contribution in [0.4, 0.5) is 10.1 Å². The van der Waals surface area contributed by atoms with E-state index in [0.717, 1.165) is 40.6 Å². The Hall–Kier alpha value is -3.61. The first-order valence-electron chi connectivity index (χ1n) is 7.87. The quantitative estimate of drug-likeness (QED) is 0.677. The van der Waals surface area contributed by atoms with Crippen LogP contribution in [0.2, 0.25) is 0 Å². The van der Waals surface area contributed by atoms with Gasteiger partial charge in [-0.3, -0.25) is 4.98 Å². The molecule has 0 bridgehead atoms. The third kappa shape index (κ3) is 5.18. The van der Waals surface area contributed by atoms with Gasteiger partial charge in [0.25, 0.3) is 0 Å². The van der Waals surface area contributed by atoms with E-state index in [9.17, 15) is 9.18 Å². The minimum atomic E-state index is -1.28. The van der Waals surface area contributed by atoms with E-state index < -0.39 is 11.8 Å². The van der Waals surface area contributed by atoms with Crippen molar-refractivity contribution < 1.29 is 23.8 Å². The summed E-state index contributed by atoms with van der Waals surface area (Å²) in [5, 5.41) is 8.30. The average molecular weight is 370 g/mol. The number of methoxy groups -OCH3 is 2. The van der Waals surface area contributed by atoms with E-state index in [1.165, 1.54) is 6.20 Å². The van der Waals surface area contributed by atoms with Gasteiger partial charge in [-0.05, 0) is 42.0 Å². The van der Waals surface area contributed by atoms with E-state index in [1.807, 2.05) is 42.5 Å². The Morgan fingerprint density at radius 1 is 1.07 bits per heavy atom. The van der Waals surface area contributed by atoms with Crippen LogP contribution in [-0.4, -0.2) is 30.3 Å². The number of halogens is 1. The summed E-state index contributed by atoms with van der Waals surface area (Å²) in [6.07, 6.45) is 2.09. The molecule has 0 saturated heterocycles. The Bertz CT molecular complexity index is 914. The van der Waals surface area contributed by atoms with E-state index in [0.29, 0.717) is 0 Å². The summed E-state index contributed by atoms with van der Waals surface area (Å²) in [5.74, 6) is -0.469. The fraction of sp³-hybridized carbons (Fsp3) is 0.100. The Labute approximate surface area is 156 Å². The van der Waals surface area contributed by atoms with Crippen LogP contribution < -0.4 is 15.2 Å². The van der Waals surface area contributed by atoms with E-state index in [1.54, 1.807) is 14.2 Å². The number of carbonyl (C=O) groups is 1. The zero-order valence-electron chi connectivity index (χ0n) is 14.8. The molecular formula is C20H19FN2O4. The summed E-state index contributed by atoms with van der Waals surface area (Å²) in [6, 6.07) is 14.5. The lowest BCUT2D eigenvalue weighted by molar-refractivity contribution is 0.0691. The van der Waals surface area contributed by atoms with Gasteiger partial charge in [0.2, 0.25) is 0 Å². The van der Waals surface area contributed by atoms with Crippen LogP contribution in [0.25, 0.3) is 11.1 Å². The van der Waals surface area contributed by atoms with Crippen LogP contribution in [-0.2, 0) is 0 Å². The maximum absolute atomic E-state index is 12.4. The first kappa shape index (κ1) is 19.7. The standard InChI is InChI=1S/C14H15NO2.C6H4FNO2/c1-16-12-7-8-14(17-2)13(9-12)10-3-5-11(15)6-4-10;7-5-3-8-2-1-4(5)6(9)10/h3-9H,15H2,1-2H3;1-3H,(H,9,10). The third-order valence-electron chi connectivity index (χ3n) is 3.63. The van der Waals surface area contributed by atoms with Crippen molar-refractivity contribution in [2.24, 2.45) is 0 Å². The number of rotatable bonds is 4. The molecule has 2 aromatic carbocycles. The Kier molecular flexibility index (Phi) is 6.71. The van der Waals surface area contributed by atoms with Crippen molar-refractivity contribution in [1.29, 1.82) is 0 Å². The summed E-state index contributed by atoms with van der Waals surface area (Å²) < 4.78 is 23.0. The zero-order chi connectivity index (χ0) is 19.8. The van der Waals surface area contributed by atoms with Crippen LogP contribution in [0, 0.1) is 5.82 Å². The second-order valence-corrected chi connectivity index (χ2v) is 5.35. The lowest BCUT2D eigenvalue weighted by atomic mass is 10.0. The first-order chi connectivity index (χ1) is 13.0. The Morgan fingerprint density at radius 2 is 1.78 bits per heavy atom. The number of aromatic carboxylic acids is 1. The van der Waals surface area contributed by atoms with Gasteiger partial charge in [0, 0.05) is 17.4 Å². The molecule has 0 aliphatic heterocycles. The van der Waals surface area contributed by atoms with Crippen molar-refractivity contribution in [3.8, 4) is 22.6 Å². The number of hydrogen-bond donors (Lipinski definition) is 2. The van der Waals surface area contributed by atoms with Gasteiger partial charge in [0.05, 0.1) is 26.0 Å². The number of hydrogen-bond acceptors (Lipinski definition) is 5. The second-order valence-electron chi connectivity index (χ2n) is 5.35. The van der Waals surface area contributed by atoms with Crippen molar-refractivity contribution in [2.75, 3.05) is 20.0 Å². The fourth-order valence-corrected chi connectivity index (χ4v) is 2.25. The van der Waals surface area contributed by atoms with E-state index in [-0.39, 0.29) is 5.56 Å². The molecule has 0 fully saturated rings. The SMILES string of the molecule is COc1ccc(OC)c(-c2ccc(N)cc2)c1.O=C(O)c1ccncc1F. The summed E-state index contributed by atoms with van der Waals surface area (Å²) in [7, 11) is 3.30. The Balaban J connectivity index is 0.000000223. The van der Waals surface area contributed by atoms with Crippen molar-refractivity contribution in [3.05, 3.63) is 72.3 Å². The minimum absolute atomic E-state index is 0.352. The number of anilines is 1. The van der Waals surface area contributed by atoms with Gasteiger partial charge in [-0.15, -0.1) is 0 Å². The van der Waals surface area contributed by atoms with Crippen LogP contribution in [0.3, 0.4) is 0 Å². The predicted octanol–water partition coefficient (Wildman–Crippen LogP) is 3.87. The van der Waals surface area contributed by atoms with Gasteiger partial charge >= 0.3 is 5.97 Å². The first-order valence-corrected chi connectivity index (χ1v) is 7.87. The van der Waals surface area contributed by atoms with Crippen LogP contribution in [0.5, 0.6) is 11.5 Å². The molecule has 0 atom stereocenters. The highest BCUT2D eigenvalue weighted by atomic mass is 19.1. The van der Waals surface area contributed by atoms with Gasteiger partial charge in [0.1, 0.15) is 11.5 Å². The van der Waals surface area contributed by atoms with Crippen molar-refractivity contribution >= 4 is 11.7 Å². The Morgan fingerprint density at radius 3 is 2.30 bits per heavy atom. The minimum Gasteiger partial charge on any atom is -0.497 e. The summed E-state index contributed by atoms with van der Waals surface area (Å²) in [6.45, 7) is 0. The number of carboxylic acids is 1. The van der Waals surface area contributed by atoms with Crippen molar-refractivity contribution in [3.63, 3.8) is 0 Å². The van der Waals surface area contributed by atoms with Gasteiger partial charge in [-0.25, -0.2) is 9.18 Å². The maximum atomic E-state index is 12.4. The molecule has 0 saturated carbocycles. The molecule has 0 aliphatic rings. The van der Waals surface area contributed by atoms with Gasteiger partial charge in [-0.2, -0.15) is 0 Å². The highest BCUT2D eigenvalue weighted by Gasteiger charge is 2.08. The van der Waals surface area contributed by atoms with Gasteiger partial charge in [0.15, 0.2) is 5.82 Å². The zero-order valence-corrected chi connectivity index (χ0v) is 14.8. The highest BCUT2D eigenvalue weighted by molar-refractivity contribution is 5.87. The number of benzene rings is 2. The molecule has 27 heavy (non-hydrogen) atoms. The summed E-state index contributed by atoms with van der Waals surface area (Å²) in [4.78, 5) is 13.5. The molecular weight excluding hydrogens is 351 g/mol. The summed E-state index contributed by atoms with van der Waals surface area (Å²) in [5.41, 5.74) is 8.11. The molecule has 1 heterocycles. The molecule has 1 aromatic heterocycles. The number of pyridine rings is 1. The normalized spacial score (nSPS) is 9.74. The third-order valence-corrected chi connectivity index (χ3v) is 3.63. The van der Waals surface area contributed by atoms with Crippen LogP contribution in [0.1, 0.15) is 10.4 Å². The molecule has 3 N–H and O–H groups in total. The molecule has 140 valence electrons. The van der Waals surface area contributed by atoms with E-state index >= 15 is 0 Å². The number of nitrogen functional groups attached to an aromatic ring is 1. The van der Waals surface area contributed by atoms with Crippen molar-refractivity contribution in [1.82, 2.24) is 4.98 Å². The lowest BCUT2D eigenvalue weighted by Gasteiger charge is -2.10. The fourth-order valence-electron chi connectivity index (χ4n) is 2.25. The second kappa shape index (κ2) is 9.19. The van der Waals surface area contributed by atoms with Crippen LogP contribution >= 0.6 is 0 Å². The molecule has 0 amide bonds. The molecule has 0 spiro atoms. The average Bonchev–Trinajstić information content (AvgIpc) is 2.68. The number of aromatic nitrogens is 1. The number of ether oxygens (including phenoxy) is 2. The topological polar surface area (TPSA) is 94.7 Å². The summed E-state index contributed by atoms with van der Waals surface area (Å²) >= 11 is 0. The predicted molar refractivity (Wildman–Crippen MR) is 101 cm³/mol. The monoisotopic (exact) mass is 370 g/mol. The van der Waals surface area contributed by atoms with Crippen molar-refractivity contribution in [2.45, 2.75) is 0 Å². The number of carboxylic acid groups (broad SMARTS) is 1. The maximum Gasteiger partial charge on any atom is 0.338 e. The molecule has 3 aromatic rings. The lowest BCUT2D eigenvalue weighted by Crippen LogP contribution is -1.99. The molecule has 6 nitrogen and oxygen atoms in total. The molecule has 0 unspecified atom stereocenters. The molecule has 3 rings (SSSR count). The van der Waals surface area contributed by atoms with E-state index in [2.05, 4.69) is 4.98 Å². The smallest absolute Gasteiger partial charge is 0.338 e. The number of nitrogens with zero attached hydrogens (tertiary/aromatic N) is 1. The van der Waals surface area contributed by atoms with Crippen LogP contribution in [0.15, 0.2) is 60.9 Å².